The first-order valence-corrected chi connectivity index (χ1v) is 11.1. The first-order chi connectivity index (χ1) is 17.0. The summed E-state index contributed by atoms with van der Waals surface area (Å²) in [5.74, 6) is -0.259. The second-order valence-electron chi connectivity index (χ2n) is 7.95. The van der Waals surface area contributed by atoms with Gasteiger partial charge in [0.1, 0.15) is 34.7 Å². The summed E-state index contributed by atoms with van der Waals surface area (Å²) in [6.45, 7) is 9.93. The second-order valence-corrected chi connectivity index (χ2v) is 7.95. The van der Waals surface area contributed by atoms with Gasteiger partial charge in [-0.15, -0.1) is 0 Å². The van der Waals surface area contributed by atoms with Crippen LogP contribution in [0, 0.1) is 18.2 Å². The molecule has 0 N–H and O–H groups in total. The SMILES string of the molecule is [C-]#[N+]c1cc2c(Oc3ccc(CC(=O)Cc4ccccc4F)c(F)c3)ccnc2cc1OCCC. The van der Waals surface area contributed by atoms with Gasteiger partial charge in [-0.2, -0.15) is 0 Å². The van der Waals surface area contributed by atoms with Crippen LogP contribution in [0.2, 0.25) is 0 Å². The van der Waals surface area contributed by atoms with Gasteiger partial charge in [-0.3, -0.25) is 9.78 Å². The molecule has 1 aromatic heterocycles. The van der Waals surface area contributed by atoms with Crippen molar-refractivity contribution >= 4 is 22.4 Å². The fourth-order valence-corrected chi connectivity index (χ4v) is 3.63. The summed E-state index contributed by atoms with van der Waals surface area (Å²) in [5, 5.41) is 0.590. The van der Waals surface area contributed by atoms with E-state index in [1.54, 1.807) is 42.6 Å². The fourth-order valence-electron chi connectivity index (χ4n) is 3.63. The largest absolute Gasteiger partial charge is 0.505 e. The first kappa shape index (κ1) is 23.8. The van der Waals surface area contributed by atoms with Crippen molar-refractivity contribution in [2.75, 3.05) is 6.61 Å². The highest BCUT2D eigenvalue weighted by molar-refractivity contribution is 5.91. The van der Waals surface area contributed by atoms with Crippen molar-refractivity contribution in [2.24, 2.45) is 0 Å². The molecule has 0 aliphatic rings. The van der Waals surface area contributed by atoms with Crippen LogP contribution in [0.15, 0.2) is 66.9 Å². The number of halogens is 2. The van der Waals surface area contributed by atoms with Crippen molar-refractivity contribution in [3.63, 3.8) is 0 Å². The number of ether oxygens (including phenoxy) is 2. The van der Waals surface area contributed by atoms with E-state index < -0.39 is 11.6 Å². The van der Waals surface area contributed by atoms with Gasteiger partial charge in [0.05, 0.1) is 18.7 Å². The molecule has 0 saturated carbocycles. The van der Waals surface area contributed by atoms with E-state index in [2.05, 4.69) is 9.83 Å². The maximum atomic E-state index is 14.8. The van der Waals surface area contributed by atoms with Gasteiger partial charge < -0.3 is 9.47 Å². The number of carbonyl (C=O) groups is 1. The Morgan fingerprint density at radius 1 is 0.971 bits per heavy atom. The minimum absolute atomic E-state index is 0.110. The van der Waals surface area contributed by atoms with E-state index >= 15 is 0 Å². The molecule has 0 radical (unpaired) electrons. The van der Waals surface area contributed by atoms with Gasteiger partial charge >= 0.3 is 0 Å². The number of benzene rings is 3. The Morgan fingerprint density at radius 2 is 1.74 bits per heavy atom. The number of hydrogen-bond acceptors (Lipinski definition) is 4. The van der Waals surface area contributed by atoms with Crippen molar-refractivity contribution in [3.05, 3.63) is 101 Å². The number of carbonyl (C=O) groups excluding carboxylic acids is 1. The van der Waals surface area contributed by atoms with E-state index in [0.29, 0.717) is 34.7 Å². The second kappa shape index (κ2) is 10.7. The average Bonchev–Trinajstić information content (AvgIpc) is 2.85. The number of aromatic nitrogens is 1. The summed E-state index contributed by atoms with van der Waals surface area (Å²) in [4.78, 5) is 20.2. The molecule has 4 rings (SSSR count). The van der Waals surface area contributed by atoms with Gasteiger partial charge in [0.2, 0.25) is 5.69 Å². The van der Waals surface area contributed by atoms with E-state index in [1.165, 1.54) is 24.3 Å². The lowest BCUT2D eigenvalue weighted by molar-refractivity contribution is -0.117. The lowest BCUT2D eigenvalue weighted by Crippen LogP contribution is -2.09. The third-order valence-corrected chi connectivity index (χ3v) is 5.35. The lowest BCUT2D eigenvalue weighted by Gasteiger charge is -2.12. The zero-order valence-corrected chi connectivity index (χ0v) is 19.1. The Bertz CT molecular complexity index is 1430. The van der Waals surface area contributed by atoms with Crippen LogP contribution in [0.3, 0.4) is 0 Å². The molecule has 0 saturated heterocycles. The molecule has 5 nitrogen and oxygen atoms in total. The molecule has 0 spiro atoms. The molecule has 4 aromatic rings. The standard InChI is InChI=1S/C28H22F2N2O3/c1-3-12-34-28-17-25-22(16-26(28)31-2)27(10-11-32-25)35-21-9-8-19(24(30)15-21)14-20(33)13-18-6-4-5-7-23(18)29/h4-11,15-17H,3,12-14H2,1H3. The third-order valence-electron chi connectivity index (χ3n) is 5.35. The molecule has 0 aliphatic heterocycles. The summed E-state index contributed by atoms with van der Waals surface area (Å²) < 4.78 is 40.1. The summed E-state index contributed by atoms with van der Waals surface area (Å²) >= 11 is 0. The molecule has 0 unspecified atom stereocenters. The molecular formula is C28H22F2N2O3. The zero-order valence-electron chi connectivity index (χ0n) is 19.1. The number of Topliss-reactive ketones (excluding diaryl/α,β-unsaturated/α-hetero) is 1. The molecule has 0 bridgehead atoms. The fraction of sp³-hybridized carbons (Fsp3) is 0.179. The van der Waals surface area contributed by atoms with Crippen molar-refractivity contribution in [2.45, 2.75) is 26.2 Å². The molecular weight excluding hydrogens is 450 g/mol. The smallest absolute Gasteiger partial charge is 0.229 e. The molecule has 176 valence electrons. The van der Waals surface area contributed by atoms with E-state index in [4.69, 9.17) is 16.0 Å². The predicted octanol–water partition coefficient (Wildman–Crippen LogP) is 7.00. The van der Waals surface area contributed by atoms with E-state index in [1.807, 2.05) is 6.92 Å². The molecule has 3 aromatic carbocycles. The van der Waals surface area contributed by atoms with Crippen LogP contribution < -0.4 is 9.47 Å². The van der Waals surface area contributed by atoms with Gasteiger partial charge in [0, 0.05) is 30.5 Å². The maximum Gasteiger partial charge on any atom is 0.229 e. The maximum absolute atomic E-state index is 14.8. The Hall–Kier alpha value is -4.31. The van der Waals surface area contributed by atoms with E-state index in [9.17, 15) is 13.6 Å². The molecule has 1 heterocycles. The van der Waals surface area contributed by atoms with Gasteiger partial charge in [0.15, 0.2) is 0 Å². The van der Waals surface area contributed by atoms with Crippen LogP contribution in [0.4, 0.5) is 14.5 Å². The zero-order chi connectivity index (χ0) is 24.8. The molecule has 0 aliphatic carbocycles. The highest BCUT2D eigenvalue weighted by Crippen LogP contribution is 2.37. The quantitative estimate of drug-likeness (QED) is 0.246. The highest BCUT2D eigenvalue weighted by atomic mass is 19.1. The van der Waals surface area contributed by atoms with Gasteiger partial charge in [-0.05, 0) is 47.9 Å². The summed E-state index contributed by atoms with van der Waals surface area (Å²) in [5.41, 5.74) is 1.39. The Labute approximate surface area is 201 Å². The summed E-state index contributed by atoms with van der Waals surface area (Å²) in [7, 11) is 0. The molecule has 7 heteroatoms. The summed E-state index contributed by atoms with van der Waals surface area (Å²) in [6.07, 6.45) is 2.10. The Kier molecular flexibility index (Phi) is 7.32. The predicted molar refractivity (Wildman–Crippen MR) is 129 cm³/mol. The Balaban J connectivity index is 1.53. The Morgan fingerprint density at radius 3 is 2.46 bits per heavy atom. The van der Waals surface area contributed by atoms with Crippen LogP contribution in [0.1, 0.15) is 24.5 Å². The van der Waals surface area contributed by atoms with Crippen LogP contribution in [0.5, 0.6) is 17.2 Å². The highest BCUT2D eigenvalue weighted by Gasteiger charge is 2.15. The van der Waals surface area contributed by atoms with Gasteiger partial charge in [-0.25, -0.2) is 13.6 Å². The van der Waals surface area contributed by atoms with Crippen LogP contribution >= 0.6 is 0 Å². The normalized spacial score (nSPS) is 10.7. The molecule has 0 atom stereocenters. The summed E-state index contributed by atoms with van der Waals surface area (Å²) in [6, 6.07) is 15.2. The number of rotatable bonds is 9. The average molecular weight is 472 g/mol. The van der Waals surface area contributed by atoms with E-state index in [-0.39, 0.29) is 35.5 Å². The number of ketones is 1. The van der Waals surface area contributed by atoms with Crippen molar-refractivity contribution in [1.82, 2.24) is 4.98 Å². The monoisotopic (exact) mass is 472 g/mol. The van der Waals surface area contributed by atoms with Crippen LogP contribution in [0.25, 0.3) is 15.7 Å². The van der Waals surface area contributed by atoms with Crippen LogP contribution in [-0.4, -0.2) is 17.4 Å². The number of pyridine rings is 1. The van der Waals surface area contributed by atoms with Gasteiger partial charge in [0.25, 0.3) is 0 Å². The third kappa shape index (κ3) is 5.61. The van der Waals surface area contributed by atoms with Crippen LogP contribution in [-0.2, 0) is 17.6 Å². The minimum Gasteiger partial charge on any atom is -0.505 e. The number of fused-ring (bicyclic) bond motifs is 1. The number of hydrogen-bond donors (Lipinski definition) is 0. The van der Waals surface area contributed by atoms with Crippen molar-refractivity contribution < 1.29 is 23.0 Å². The topological polar surface area (TPSA) is 52.8 Å². The number of nitrogens with zero attached hydrogens (tertiary/aromatic N) is 2. The molecule has 0 fully saturated rings. The minimum atomic E-state index is -0.597. The first-order valence-electron chi connectivity index (χ1n) is 11.1. The molecule has 35 heavy (non-hydrogen) atoms. The molecule has 0 amide bonds. The van der Waals surface area contributed by atoms with Gasteiger partial charge in [-0.1, -0.05) is 31.2 Å². The lowest BCUT2D eigenvalue weighted by atomic mass is 10.0. The van der Waals surface area contributed by atoms with Crippen molar-refractivity contribution in [3.8, 4) is 17.2 Å². The van der Waals surface area contributed by atoms with E-state index in [0.717, 1.165) is 6.42 Å². The van der Waals surface area contributed by atoms with Crippen molar-refractivity contribution in [1.29, 1.82) is 0 Å².